The summed E-state index contributed by atoms with van der Waals surface area (Å²) in [5, 5.41) is 2.89. The summed E-state index contributed by atoms with van der Waals surface area (Å²) in [7, 11) is 0. The number of nitrogens with one attached hydrogen (secondary N) is 1. The second-order valence-electron chi connectivity index (χ2n) is 7.33. The van der Waals surface area contributed by atoms with Gasteiger partial charge in [0.05, 0.1) is 12.4 Å². The molecule has 1 aliphatic heterocycles. The Balaban J connectivity index is 1.64. The second-order valence-corrected chi connectivity index (χ2v) is 8.40. The number of carbonyl (C=O) groups excluding carboxylic acids is 2. The molecule has 1 atom stereocenters. The summed E-state index contributed by atoms with van der Waals surface area (Å²) < 4.78 is 5.50. The zero-order valence-corrected chi connectivity index (χ0v) is 18.5. The molecule has 0 aliphatic carbocycles. The van der Waals surface area contributed by atoms with Crippen LogP contribution in [0.15, 0.2) is 48.5 Å². The lowest BCUT2D eigenvalue weighted by molar-refractivity contribution is -0.116. The Labute approximate surface area is 183 Å². The summed E-state index contributed by atoms with van der Waals surface area (Å²) in [6.07, 6.45) is 4.91. The van der Waals surface area contributed by atoms with E-state index in [1.165, 1.54) is 12.8 Å². The van der Waals surface area contributed by atoms with Crippen LogP contribution in [-0.4, -0.2) is 24.2 Å². The van der Waals surface area contributed by atoms with Crippen molar-refractivity contribution in [3.05, 3.63) is 54.1 Å². The van der Waals surface area contributed by atoms with Gasteiger partial charge in [-0.2, -0.15) is 0 Å². The maximum absolute atomic E-state index is 12.5. The number of nitrogens with zero attached hydrogens (tertiary/aromatic N) is 1. The summed E-state index contributed by atoms with van der Waals surface area (Å²) in [6.45, 7) is 4.72. The molecule has 1 fully saturated rings. The Morgan fingerprint density at radius 2 is 1.80 bits per heavy atom. The molecular weight excluding hydrogens is 396 g/mol. The van der Waals surface area contributed by atoms with Crippen LogP contribution in [0.25, 0.3) is 0 Å². The fraction of sp³-hybridized carbons (Fsp3) is 0.417. The number of anilines is 2. The van der Waals surface area contributed by atoms with Gasteiger partial charge in [0, 0.05) is 17.8 Å². The lowest BCUT2D eigenvalue weighted by atomic mass is 10.1. The van der Waals surface area contributed by atoms with Crippen LogP contribution in [0.3, 0.4) is 0 Å². The number of hydrogen-bond donors (Lipinski definition) is 1. The molecule has 0 aromatic heterocycles. The lowest BCUT2D eigenvalue weighted by Gasteiger charge is -2.24. The van der Waals surface area contributed by atoms with Crippen LogP contribution in [0.5, 0.6) is 5.75 Å². The quantitative estimate of drug-likeness (QED) is 0.490. The molecule has 2 amide bonds. The second kappa shape index (κ2) is 11.1. The summed E-state index contributed by atoms with van der Waals surface area (Å²) in [5.74, 6) is 1.40. The first-order chi connectivity index (χ1) is 14.6. The Bertz CT molecular complexity index is 837. The highest BCUT2D eigenvalue weighted by Crippen LogP contribution is 2.42. The third-order valence-electron chi connectivity index (χ3n) is 5.03. The van der Waals surface area contributed by atoms with Crippen molar-refractivity contribution in [2.45, 2.75) is 51.3 Å². The van der Waals surface area contributed by atoms with Crippen molar-refractivity contribution in [2.75, 3.05) is 22.6 Å². The summed E-state index contributed by atoms with van der Waals surface area (Å²) in [5.41, 5.74) is 2.70. The van der Waals surface area contributed by atoms with Gasteiger partial charge in [-0.25, -0.2) is 0 Å². The first-order valence-corrected chi connectivity index (χ1v) is 11.7. The predicted octanol–water partition coefficient (Wildman–Crippen LogP) is 5.77. The number of thioether (sulfide) groups is 1. The van der Waals surface area contributed by atoms with Crippen molar-refractivity contribution in [2.24, 2.45) is 0 Å². The summed E-state index contributed by atoms with van der Waals surface area (Å²) in [4.78, 5) is 26.5. The maximum Gasteiger partial charge on any atom is 0.238 e. The van der Waals surface area contributed by atoms with Gasteiger partial charge in [0.15, 0.2) is 0 Å². The standard InChI is InChI=1S/C24H30N2O3S/c1-3-5-6-7-8-22(27)25-19-11-9-18(10-12-19)24-26(23(28)17-30-24)20-13-15-21(16-14-20)29-4-2/h9-16,24H,3-8,17H2,1-2H3,(H,25,27)/t24-/m1/s1. The molecule has 1 aliphatic rings. The van der Waals surface area contributed by atoms with Crippen molar-refractivity contribution >= 4 is 35.0 Å². The minimum Gasteiger partial charge on any atom is -0.494 e. The molecule has 3 rings (SSSR count). The molecule has 1 N–H and O–H groups in total. The maximum atomic E-state index is 12.5. The van der Waals surface area contributed by atoms with Crippen molar-refractivity contribution in [1.82, 2.24) is 0 Å². The third kappa shape index (κ3) is 5.79. The van der Waals surface area contributed by atoms with E-state index in [2.05, 4.69) is 12.2 Å². The van der Waals surface area contributed by atoms with E-state index in [0.29, 0.717) is 18.8 Å². The van der Waals surface area contributed by atoms with Crippen LogP contribution in [-0.2, 0) is 9.59 Å². The number of benzene rings is 2. The highest BCUT2D eigenvalue weighted by molar-refractivity contribution is 8.00. The molecule has 1 heterocycles. The van der Waals surface area contributed by atoms with Gasteiger partial charge in [0.25, 0.3) is 0 Å². The molecule has 0 saturated carbocycles. The highest BCUT2D eigenvalue weighted by atomic mass is 32.2. The van der Waals surface area contributed by atoms with E-state index in [1.807, 2.05) is 60.4 Å². The SMILES string of the molecule is CCCCCCC(=O)Nc1ccc([C@H]2SCC(=O)N2c2ccc(OCC)cc2)cc1. The third-order valence-corrected chi connectivity index (χ3v) is 6.24. The number of ether oxygens (including phenoxy) is 1. The summed E-state index contributed by atoms with van der Waals surface area (Å²) in [6, 6.07) is 15.5. The molecule has 0 spiro atoms. The molecule has 5 nitrogen and oxygen atoms in total. The van der Waals surface area contributed by atoms with Crippen molar-refractivity contribution in [1.29, 1.82) is 0 Å². The van der Waals surface area contributed by atoms with Crippen LogP contribution >= 0.6 is 11.8 Å². The molecule has 0 unspecified atom stereocenters. The van der Waals surface area contributed by atoms with Gasteiger partial charge in [-0.05, 0) is 55.3 Å². The topological polar surface area (TPSA) is 58.6 Å². The van der Waals surface area contributed by atoms with E-state index in [-0.39, 0.29) is 17.2 Å². The van der Waals surface area contributed by atoms with Crippen molar-refractivity contribution in [3.63, 3.8) is 0 Å². The Morgan fingerprint density at radius 1 is 1.07 bits per heavy atom. The van der Waals surface area contributed by atoms with Gasteiger partial charge in [0.2, 0.25) is 11.8 Å². The smallest absolute Gasteiger partial charge is 0.238 e. The molecule has 0 bridgehead atoms. The molecule has 2 aromatic carbocycles. The minimum absolute atomic E-state index is 0.0558. The van der Waals surface area contributed by atoms with E-state index < -0.39 is 0 Å². The van der Waals surface area contributed by atoms with Gasteiger partial charge in [-0.3, -0.25) is 14.5 Å². The van der Waals surface area contributed by atoms with Gasteiger partial charge in [0.1, 0.15) is 11.1 Å². The lowest BCUT2D eigenvalue weighted by Crippen LogP contribution is -2.27. The van der Waals surface area contributed by atoms with Gasteiger partial charge < -0.3 is 10.1 Å². The van der Waals surface area contributed by atoms with E-state index in [9.17, 15) is 9.59 Å². The number of hydrogen-bond acceptors (Lipinski definition) is 4. The highest BCUT2D eigenvalue weighted by Gasteiger charge is 2.34. The van der Waals surface area contributed by atoms with Crippen molar-refractivity contribution in [3.8, 4) is 5.75 Å². The Kier molecular flexibility index (Phi) is 8.20. The van der Waals surface area contributed by atoms with Gasteiger partial charge >= 0.3 is 0 Å². The van der Waals surface area contributed by atoms with Crippen LogP contribution in [0.2, 0.25) is 0 Å². The number of unbranched alkanes of at least 4 members (excludes halogenated alkanes) is 3. The van der Waals surface area contributed by atoms with E-state index in [4.69, 9.17) is 4.74 Å². The van der Waals surface area contributed by atoms with Crippen molar-refractivity contribution < 1.29 is 14.3 Å². The molecule has 6 heteroatoms. The van der Waals surface area contributed by atoms with Crippen LogP contribution in [0.4, 0.5) is 11.4 Å². The first-order valence-electron chi connectivity index (χ1n) is 10.7. The number of rotatable bonds is 10. The molecule has 30 heavy (non-hydrogen) atoms. The monoisotopic (exact) mass is 426 g/mol. The average molecular weight is 427 g/mol. The fourth-order valence-corrected chi connectivity index (χ4v) is 4.66. The first kappa shape index (κ1) is 22.2. The minimum atomic E-state index is -0.0748. The van der Waals surface area contributed by atoms with E-state index in [1.54, 1.807) is 11.8 Å². The summed E-state index contributed by atoms with van der Waals surface area (Å²) >= 11 is 1.61. The Hall–Kier alpha value is -2.47. The van der Waals surface area contributed by atoms with Crippen LogP contribution < -0.4 is 15.0 Å². The van der Waals surface area contributed by atoms with E-state index >= 15 is 0 Å². The molecular formula is C24H30N2O3S. The molecule has 1 saturated heterocycles. The Morgan fingerprint density at radius 3 is 2.47 bits per heavy atom. The van der Waals surface area contributed by atoms with Gasteiger partial charge in [-0.15, -0.1) is 11.8 Å². The van der Waals surface area contributed by atoms with E-state index in [0.717, 1.165) is 35.5 Å². The number of carbonyl (C=O) groups is 2. The molecule has 160 valence electrons. The molecule has 2 aromatic rings. The normalized spacial score (nSPS) is 16.0. The number of amides is 2. The largest absolute Gasteiger partial charge is 0.494 e. The predicted molar refractivity (Wildman–Crippen MR) is 124 cm³/mol. The van der Waals surface area contributed by atoms with Crippen LogP contribution in [0.1, 0.15) is 56.9 Å². The fourth-order valence-electron chi connectivity index (χ4n) is 3.49. The van der Waals surface area contributed by atoms with Crippen LogP contribution in [0, 0.1) is 0 Å². The zero-order valence-electron chi connectivity index (χ0n) is 17.7. The van der Waals surface area contributed by atoms with Gasteiger partial charge in [-0.1, -0.05) is 38.3 Å². The zero-order chi connectivity index (χ0) is 21.3. The average Bonchev–Trinajstić information content (AvgIpc) is 3.14. The molecule has 0 radical (unpaired) electrons.